The van der Waals surface area contributed by atoms with Crippen molar-refractivity contribution in [3.8, 4) is 0 Å². The van der Waals surface area contributed by atoms with Crippen LogP contribution in [0.5, 0.6) is 0 Å². The average molecular weight is 275 g/mol. The van der Waals surface area contributed by atoms with E-state index >= 15 is 0 Å². The smallest absolute Gasteiger partial charge is 0.241 e. The van der Waals surface area contributed by atoms with Crippen LogP contribution in [-0.4, -0.2) is 37.5 Å². The second-order valence-electron chi connectivity index (χ2n) is 5.71. The minimum atomic E-state index is -0.561. The lowest BCUT2D eigenvalue weighted by molar-refractivity contribution is -0.122. The molecule has 0 saturated carbocycles. The van der Waals surface area contributed by atoms with Crippen molar-refractivity contribution >= 4 is 5.91 Å². The Bertz CT molecular complexity index is 413. The van der Waals surface area contributed by atoms with E-state index in [9.17, 15) is 4.79 Å². The summed E-state index contributed by atoms with van der Waals surface area (Å²) in [5.41, 5.74) is 6.82. The zero-order valence-corrected chi connectivity index (χ0v) is 12.2. The molecule has 0 spiro atoms. The molecule has 1 aromatic rings. The van der Waals surface area contributed by atoms with E-state index in [2.05, 4.69) is 17.3 Å². The molecular formula is C16H25N3O. The standard InChI is InChI=1S/C16H25N3O/c1-19-11-8-13(9-12-19)7-10-18-16(20)15(17)14-5-3-2-4-6-14/h2-6,13,15H,7-12,17H2,1H3,(H,18,20). The first-order valence-corrected chi connectivity index (χ1v) is 7.43. The highest BCUT2D eigenvalue weighted by atomic mass is 16.2. The maximum absolute atomic E-state index is 12.0. The largest absolute Gasteiger partial charge is 0.354 e. The fraction of sp³-hybridized carbons (Fsp3) is 0.562. The van der Waals surface area contributed by atoms with Crippen molar-refractivity contribution in [2.75, 3.05) is 26.7 Å². The van der Waals surface area contributed by atoms with Crippen LogP contribution in [0.1, 0.15) is 30.9 Å². The van der Waals surface area contributed by atoms with Crippen LogP contribution >= 0.6 is 0 Å². The molecule has 0 aromatic heterocycles. The summed E-state index contributed by atoms with van der Waals surface area (Å²) in [6, 6.07) is 8.95. The van der Waals surface area contributed by atoms with E-state index < -0.39 is 6.04 Å². The van der Waals surface area contributed by atoms with Gasteiger partial charge in [0.25, 0.3) is 0 Å². The third kappa shape index (κ3) is 4.32. The molecule has 4 heteroatoms. The van der Waals surface area contributed by atoms with E-state index in [1.54, 1.807) is 0 Å². The number of carbonyl (C=O) groups excluding carboxylic acids is 1. The predicted octanol–water partition coefficient (Wildman–Crippen LogP) is 1.53. The average Bonchev–Trinajstić information content (AvgIpc) is 2.49. The van der Waals surface area contributed by atoms with Gasteiger partial charge in [-0.1, -0.05) is 30.3 Å². The molecule has 1 atom stereocenters. The molecule has 3 N–H and O–H groups in total. The second-order valence-corrected chi connectivity index (χ2v) is 5.71. The van der Waals surface area contributed by atoms with Crippen LogP contribution in [-0.2, 0) is 4.79 Å². The van der Waals surface area contributed by atoms with Crippen LogP contribution < -0.4 is 11.1 Å². The third-order valence-electron chi connectivity index (χ3n) is 4.13. The summed E-state index contributed by atoms with van der Waals surface area (Å²) < 4.78 is 0. The van der Waals surface area contributed by atoms with Gasteiger partial charge in [-0.3, -0.25) is 4.79 Å². The van der Waals surface area contributed by atoms with Crippen LogP contribution in [0.15, 0.2) is 30.3 Å². The minimum absolute atomic E-state index is 0.0795. The van der Waals surface area contributed by atoms with Gasteiger partial charge in [0.2, 0.25) is 5.91 Å². The highest BCUT2D eigenvalue weighted by molar-refractivity contribution is 5.82. The van der Waals surface area contributed by atoms with Gasteiger partial charge in [0.05, 0.1) is 0 Å². The Labute approximate surface area is 121 Å². The fourth-order valence-corrected chi connectivity index (χ4v) is 2.67. The van der Waals surface area contributed by atoms with Crippen LogP contribution in [0.2, 0.25) is 0 Å². The Morgan fingerprint density at radius 1 is 1.35 bits per heavy atom. The summed E-state index contributed by atoms with van der Waals surface area (Å²) in [6.07, 6.45) is 3.52. The van der Waals surface area contributed by atoms with Crippen molar-refractivity contribution < 1.29 is 4.79 Å². The van der Waals surface area contributed by atoms with Crippen LogP contribution in [0, 0.1) is 5.92 Å². The number of nitrogens with two attached hydrogens (primary N) is 1. The van der Waals surface area contributed by atoms with Crippen LogP contribution in [0.4, 0.5) is 0 Å². The number of carbonyl (C=O) groups is 1. The van der Waals surface area contributed by atoms with Crippen molar-refractivity contribution in [1.82, 2.24) is 10.2 Å². The maximum Gasteiger partial charge on any atom is 0.241 e. The number of rotatable bonds is 5. The molecule has 1 aliphatic rings. The van der Waals surface area contributed by atoms with Gasteiger partial charge in [0, 0.05) is 6.54 Å². The number of piperidine rings is 1. The van der Waals surface area contributed by atoms with E-state index in [1.807, 2.05) is 30.3 Å². The summed E-state index contributed by atoms with van der Waals surface area (Å²) >= 11 is 0. The molecule has 2 rings (SSSR count). The first-order valence-electron chi connectivity index (χ1n) is 7.43. The van der Waals surface area contributed by atoms with Gasteiger partial charge in [-0.15, -0.1) is 0 Å². The van der Waals surface area contributed by atoms with Crippen molar-refractivity contribution in [3.05, 3.63) is 35.9 Å². The Kier molecular flexibility index (Phi) is 5.56. The predicted molar refractivity (Wildman–Crippen MR) is 81.2 cm³/mol. The number of hydrogen-bond donors (Lipinski definition) is 2. The van der Waals surface area contributed by atoms with Crippen molar-refractivity contribution in [1.29, 1.82) is 0 Å². The molecular weight excluding hydrogens is 250 g/mol. The molecule has 1 unspecified atom stereocenters. The van der Waals surface area contributed by atoms with Gasteiger partial charge in [0.1, 0.15) is 6.04 Å². The summed E-state index contributed by atoms with van der Waals surface area (Å²) in [6.45, 7) is 3.07. The maximum atomic E-state index is 12.0. The molecule has 0 radical (unpaired) electrons. The zero-order valence-electron chi connectivity index (χ0n) is 12.2. The van der Waals surface area contributed by atoms with Crippen LogP contribution in [0.3, 0.4) is 0 Å². The lowest BCUT2D eigenvalue weighted by Crippen LogP contribution is -2.36. The highest BCUT2D eigenvalue weighted by Crippen LogP contribution is 2.18. The normalized spacial score (nSPS) is 18.7. The molecule has 1 heterocycles. The molecule has 1 aliphatic heterocycles. The van der Waals surface area contributed by atoms with Gasteiger partial charge < -0.3 is 16.0 Å². The highest BCUT2D eigenvalue weighted by Gasteiger charge is 2.18. The molecule has 4 nitrogen and oxygen atoms in total. The zero-order chi connectivity index (χ0) is 14.4. The molecule has 110 valence electrons. The molecule has 0 bridgehead atoms. The van der Waals surface area contributed by atoms with Gasteiger partial charge in [-0.25, -0.2) is 0 Å². The third-order valence-corrected chi connectivity index (χ3v) is 4.13. The van der Waals surface area contributed by atoms with Crippen molar-refractivity contribution in [2.45, 2.75) is 25.3 Å². The molecule has 1 saturated heterocycles. The van der Waals surface area contributed by atoms with E-state index in [0.29, 0.717) is 0 Å². The topological polar surface area (TPSA) is 58.4 Å². The molecule has 1 amide bonds. The molecule has 20 heavy (non-hydrogen) atoms. The van der Waals surface area contributed by atoms with Gasteiger partial charge in [-0.2, -0.15) is 0 Å². The second kappa shape index (κ2) is 7.41. The minimum Gasteiger partial charge on any atom is -0.354 e. The Balaban J connectivity index is 1.70. The number of hydrogen-bond acceptors (Lipinski definition) is 3. The van der Waals surface area contributed by atoms with E-state index in [-0.39, 0.29) is 5.91 Å². The number of nitrogens with one attached hydrogen (secondary N) is 1. The lowest BCUT2D eigenvalue weighted by Gasteiger charge is -2.29. The molecule has 1 fully saturated rings. The first kappa shape index (κ1) is 15.0. The summed E-state index contributed by atoms with van der Waals surface area (Å²) in [7, 11) is 2.16. The summed E-state index contributed by atoms with van der Waals surface area (Å²) in [5, 5.41) is 2.96. The molecule has 0 aliphatic carbocycles. The van der Waals surface area contributed by atoms with Gasteiger partial charge in [-0.05, 0) is 50.9 Å². The molecule has 1 aromatic carbocycles. The lowest BCUT2D eigenvalue weighted by atomic mass is 9.94. The van der Waals surface area contributed by atoms with Gasteiger partial charge >= 0.3 is 0 Å². The summed E-state index contributed by atoms with van der Waals surface area (Å²) in [5.74, 6) is 0.656. The Morgan fingerprint density at radius 2 is 2.00 bits per heavy atom. The number of likely N-dealkylation sites (tertiary alicyclic amines) is 1. The fourth-order valence-electron chi connectivity index (χ4n) is 2.67. The van der Waals surface area contributed by atoms with E-state index in [4.69, 9.17) is 5.73 Å². The van der Waals surface area contributed by atoms with Crippen LogP contribution in [0.25, 0.3) is 0 Å². The first-order chi connectivity index (χ1) is 9.66. The Morgan fingerprint density at radius 3 is 2.65 bits per heavy atom. The number of amides is 1. The number of benzene rings is 1. The monoisotopic (exact) mass is 275 g/mol. The van der Waals surface area contributed by atoms with E-state index in [1.165, 1.54) is 25.9 Å². The van der Waals surface area contributed by atoms with E-state index in [0.717, 1.165) is 24.4 Å². The van der Waals surface area contributed by atoms with Crippen molar-refractivity contribution in [2.24, 2.45) is 11.7 Å². The van der Waals surface area contributed by atoms with Gasteiger partial charge in [0.15, 0.2) is 0 Å². The summed E-state index contributed by atoms with van der Waals surface area (Å²) in [4.78, 5) is 14.4. The SMILES string of the molecule is CN1CCC(CCNC(=O)C(N)c2ccccc2)CC1. The van der Waals surface area contributed by atoms with Crippen molar-refractivity contribution in [3.63, 3.8) is 0 Å². The quantitative estimate of drug-likeness (QED) is 0.857. The number of nitrogens with zero attached hydrogens (tertiary/aromatic N) is 1. The Hall–Kier alpha value is -1.39.